The van der Waals surface area contributed by atoms with Gasteiger partial charge < -0.3 is 4.90 Å². The zero-order valence-corrected chi connectivity index (χ0v) is 11.6. The first-order valence-electron chi connectivity index (χ1n) is 6.42. The molecule has 0 radical (unpaired) electrons. The molecule has 0 saturated carbocycles. The molecule has 3 rings (SSSR count). The van der Waals surface area contributed by atoms with Gasteiger partial charge in [-0.05, 0) is 18.9 Å². The van der Waals surface area contributed by atoms with Gasteiger partial charge in [0.05, 0.1) is 5.01 Å². The normalized spacial score (nSPS) is 19.6. The number of piperidine rings is 1. The van der Waals surface area contributed by atoms with Crippen molar-refractivity contribution in [3.63, 3.8) is 0 Å². The molecule has 1 amide bonds. The lowest BCUT2D eigenvalue weighted by molar-refractivity contribution is 0.0700. The smallest absolute Gasteiger partial charge is 0.274 e. The maximum atomic E-state index is 12.4. The summed E-state index contributed by atoms with van der Waals surface area (Å²) in [6, 6.07) is 1.77. The maximum Gasteiger partial charge on any atom is 0.274 e. The Hall–Kier alpha value is -1.69. The zero-order valence-electron chi connectivity index (χ0n) is 10.8. The van der Waals surface area contributed by atoms with Crippen molar-refractivity contribution in [2.45, 2.75) is 18.8 Å². The Morgan fingerprint density at radius 3 is 3.11 bits per heavy atom. The minimum atomic E-state index is 0.0295. The van der Waals surface area contributed by atoms with E-state index in [-0.39, 0.29) is 5.91 Å². The average molecular weight is 276 g/mol. The van der Waals surface area contributed by atoms with Crippen LogP contribution in [0.1, 0.15) is 34.3 Å². The highest BCUT2D eigenvalue weighted by molar-refractivity contribution is 7.09. The molecule has 6 heteroatoms. The predicted molar refractivity (Wildman–Crippen MR) is 73.2 cm³/mol. The molecule has 0 N–H and O–H groups in total. The Bertz CT molecular complexity index is 563. The summed E-state index contributed by atoms with van der Waals surface area (Å²) >= 11 is 1.67. The molecule has 1 aliphatic heterocycles. The van der Waals surface area contributed by atoms with Crippen LogP contribution in [-0.4, -0.2) is 38.7 Å². The number of nitrogens with zero attached hydrogens (tertiary/aromatic N) is 4. The number of rotatable bonds is 2. The van der Waals surface area contributed by atoms with Crippen LogP contribution < -0.4 is 0 Å². The molecule has 2 aromatic rings. The SMILES string of the molecule is Cn1ccc(C(=O)N2CCCC(c3nccs3)C2)n1. The van der Waals surface area contributed by atoms with Crippen LogP contribution >= 0.6 is 11.3 Å². The number of likely N-dealkylation sites (tertiary alicyclic amines) is 1. The number of amides is 1. The molecule has 1 saturated heterocycles. The summed E-state index contributed by atoms with van der Waals surface area (Å²) in [7, 11) is 1.82. The minimum Gasteiger partial charge on any atom is -0.337 e. The van der Waals surface area contributed by atoms with Gasteiger partial charge >= 0.3 is 0 Å². The fourth-order valence-corrected chi connectivity index (χ4v) is 3.26. The third-order valence-electron chi connectivity index (χ3n) is 3.44. The van der Waals surface area contributed by atoms with Crippen LogP contribution in [0.4, 0.5) is 0 Å². The highest BCUT2D eigenvalue weighted by Crippen LogP contribution is 2.28. The van der Waals surface area contributed by atoms with Crippen molar-refractivity contribution in [2.24, 2.45) is 7.05 Å². The van der Waals surface area contributed by atoms with E-state index < -0.39 is 0 Å². The van der Waals surface area contributed by atoms with Gasteiger partial charge in [-0.2, -0.15) is 5.10 Å². The van der Waals surface area contributed by atoms with Crippen molar-refractivity contribution in [1.82, 2.24) is 19.7 Å². The van der Waals surface area contributed by atoms with E-state index in [1.807, 2.05) is 23.5 Å². The van der Waals surface area contributed by atoms with E-state index in [4.69, 9.17) is 0 Å². The van der Waals surface area contributed by atoms with Crippen LogP contribution in [-0.2, 0) is 7.05 Å². The largest absolute Gasteiger partial charge is 0.337 e. The second-order valence-electron chi connectivity index (χ2n) is 4.84. The summed E-state index contributed by atoms with van der Waals surface area (Å²) in [6.07, 6.45) is 5.78. The van der Waals surface area contributed by atoms with E-state index in [0.717, 1.165) is 30.9 Å². The van der Waals surface area contributed by atoms with Crippen molar-refractivity contribution in [1.29, 1.82) is 0 Å². The first-order valence-corrected chi connectivity index (χ1v) is 7.30. The number of carbonyl (C=O) groups excluding carboxylic acids is 1. The summed E-state index contributed by atoms with van der Waals surface area (Å²) < 4.78 is 1.66. The van der Waals surface area contributed by atoms with E-state index >= 15 is 0 Å². The zero-order chi connectivity index (χ0) is 13.2. The van der Waals surface area contributed by atoms with Crippen LogP contribution in [0.5, 0.6) is 0 Å². The Labute approximate surface area is 115 Å². The van der Waals surface area contributed by atoms with E-state index in [1.54, 1.807) is 28.3 Å². The van der Waals surface area contributed by atoms with Gasteiger partial charge in [0.1, 0.15) is 5.69 Å². The van der Waals surface area contributed by atoms with Gasteiger partial charge in [-0.25, -0.2) is 4.98 Å². The standard InChI is InChI=1S/C13H16N4OS/c1-16-7-4-11(15-16)13(18)17-6-2-3-10(9-17)12-14-5-8-19-12/h4-5,7-8,10H,2-3,6,9H2,1H3. The summed E-state index contributed by atoms with van der Waals surface area (Å²) in [5.41, 5.74) is 0.530. The second kappa shape index (κ2) is 5.13. The van der Waals surface area contributed by atoms with Gasteiger partial charge in [-0.1, -0.05) is 0 Å². The molecule has 0 aliphatic carbocycles. The third kappa shape index (κ3) is 2.53. The Kier molecular flexibility index (Phi) is 3.33. The molecule has 5 nitrogen and oxygen atoms in total. The lowest BCUT2D eigenvalue weighted by Crippen LogP contribution is -2.39. The number of aryl methyl sites for hydroxylation is 1. The molecule has 19 heavy (non-hydrogen) atoms. The molecule has 3 heterocycles. The van der Waals surface area contributed by atoms with Crippen LogP contribution in [0.2, 0.25) is 0 Å². The van der Waals surface area contributed by atoms with E-state index in [2.05, 4.69) is 10.1 Å². The Morgan fingerprint density at radius 2 is 2.42 bits per heavy atom. The van der Waals surface area contributed by atoms with Gasteiger partial charge in [0.2, 0.25) is 0 Å². The summed E-state index contributed by atoms with van der Waals surface area (Å²) in [5.74, 6) is 0.406. The number of hydrogen-bond acceptors (Lipinski definition) is 4. The predicted octanol–water partition coefficient (Wildman–Crippen LogP) is 1.90. The molecule has 100 valence electrons. The van der Waals surface area contributed by atoms with Crippen molar-refractivity contribution >= 4 is 17.2 Å². The fraction of sp³-hybridized carbons (Fsp3) is 0.462. The van der Waals surface area contributed by atoms with Gasteiger partial charge in [0, 0.05) is 43.8 Å². The topological polar surface area (TPSA) is 51.0 Å². The van der Waals surface area contributed by atoms with Crippen LogP contribution in [0.15, 0.2) is 23.8 Å². The first kappa shape index (κ1) is 12.3. The van der Waals surface area contributed by atoms with Crippen molar-refractivity contribution in [2.75, 3.05) is 13.1 Å². The van der Waals surface area contributed by atoms with E-state index in [0.29, 0.717) is 11.6 Å². The number of aromatic nitrogens is 3. The highest BCUT2D eigenvalue weighted by atomic mass is 32.1. The minimum absolute atomic E-state index is 0.0295. The number of carbonyl (C=O) groups is 1. The van der Waals surface area contributed by atoms with Crippen LogP contribution in [0.3, 0.4) is 0 Å². The van der Waals surface area contributed by atoms with Gasteiger partial charge in [0.25, 0.3) is 5.91 Å². The molecule has 2 aromatic heterocycles. The first-order chi connectivity index (χ1) is 9.24. The maximum absolute atomic E-state index is 12.4. The summed E-state index contributed by atoms with van der Waals surface area (Å²) in [5, 5.41) is 7.32. The van der Waals surface area contributed by atoms with Gasteiger partial charge in [0.15, 0.2) is 0 Å². The van der Waals surface area contributed by atoms with Crippen molar-refractivity contribution in [3.8, 4) is 0 Å². The average Bonchev–Trinajstić information content (AvgIpc) is 3.09. The molecule has 1 aliphatic rings. The van der Waals surface area contributed by atoms with Crippen molar-refractivity contribution in [3.05, 3.63) is 34.5 Å². The monoisotopic (exact) mass is 276 g/mol. The fourth-order valence-electron chi connectivity index (χ4n) is 2.49. The van der Waals surface area contributed by atoms with Crippen molar-refractivity contribution < 1.29 is 4.79 Å². The Balaban J connectivity index is 1.73. The molecule has 0 spiro atoms. The molecule has 0 bridgehead atoms. The lowest BCUT2D eigenvalue weighted by atomic mass is 9.98. The number of thiazole rings is 1. The molecule has 0 aromatic carbocycles. The van der Waals surface area contributed by atoms with Gasteiger partial charge in [-0.3, -0.25) is 9.48 Å². The molecule has 1 fully saturated rings. The lowest BCUT2D eigenvalue weighted by Gasteiger charge is -2.31. The van der Waals surface area contributed by atoms with E-state index in [9.17, 15) is 4.79 Å². The molecular formula is C13H16N4OS. The van der Waals surface area contributed by atoms with Gasteiger partial charge in [-0.15, -0.1) is 11.3 Å². The molecular weight excluding hydrogens is 260 g/mol. The molecule has 1 unspecified atom stereocenters. The summed E-state index contributed by atoms with van der Waals surface area (Å²) in [4.78, 5) is 18.6. The quantitative estimate of drug-likeness (QED) is 0.841. The molecule has 1 atom stereocenters. The highest BCUT2D eigenvalue weighted by Gasteiger charge is 2.27. The number of hydrogen-bond donors (Lipinski definition) is 0. The summed E-state index contributed by atoms with van der Waals surface area (Å²) in [6.45, 7) is 1.57. The van der Waals surface area contributed by atoms with Crippen LogP contribution in [0.25, 0.3) is 0 Å². The van der Waals surface area contributed by atoms with E-state index in [1.165, 1.54) is 0 Å². The third-order valence-corrected chi connectivity index (χ3v) is 4.38. The Morgan fingerprint density at radius 1 is 1.53 bits per heavy atom. The van der Waals surface area contributed by atoms with Crippen LogP contribution in [0, 0.1) is 0 Å². The second-order valence-corrected chi connectivity index (χ2v) is 5.76.